The van der Waals surface area contributed by atoms with Crippen LogP contribution in [-0.4, -0.2) is 40.7 Å². The zero-order valence-corrected chi connectivity index (χ0v) is 20.5. The van der Waals surface area contributed by atoms with Gasteiger partial charge in [-0.05, 0) is 60.9 Å². The molecular formula is C30H28FN5. The van der Waals surface area contributed by atoms with Crippen molar-refractivity contribution in [2.45, 2.75) is 13.8 Å². The summed E-state index contributed by atoms with van der Waals surface area (Å²) in [6.07, 6.45) is 3.74. The maximum absolute atomic E-state index is 13.6. The number of hydrogen-bond donors (Lipinski definition) is 0. The number of aryl methyl sites for hydroxylation is 1. The molecule has 0 N–H and O–H groups in total. The van der Waals surface area contributed by atoms with Crippen LogP contribution in [0.4, 0.5) is 15.9 Å². The van der Waals surface area contributed by atoms with E-state index in [2.05, 4.69) is 65.2 Å². The Morgan fingerprint density at radius 2 is 1.47 bits per heavy atom. The number of anilines is 2. The molecule has 1 fully saturated rings. The molecule has 180 valence electrons. The first kappa shape index (κ1) is 22.3. The van der Waals surface area contributed by atoms with Crippen molar-refractivity contribution >= 4 is 22.5 Å². The molecule has 0 unspecified atom stereocenters. The summed E-state index contributed by atoms with van der Waals surface area (Å²) in [5.74, 6) is 0.691. The van der Waals surface area contributed by atoms with E-state index >= 15 is 0 Å². The van der Waals surface area contributed by atoms with Gasteiger partial charge < -0.3 is 14.4 Å². The SMILES string of the molecule is Cc1cccc(N2CCN(c3ncnc4c3c(-c3ccccc3)cn4-c3ccc(F)cc3)CC2)c1C. The van der Waals surface area contributed by atoms with Crippen LogP contribution in [0.2, 0.25) is 0 Å². The number of nitrogens with zero attached hydrogens (tertiary/aromatic N) is 5. The van der Waals surface area contributed by atoms with E-state index in [1.54, 1.807) is 18.5 Å². The smallest absolute Gasteiger partial charge is 0.150 e. The van der Waals surface area contributed by atoms with Gasteiger partial charge in [0.05, 0.1) is 5.39 Å². The van der Waals surface area contributed by atoms with Gasteiger partial charge in [0.25, 0.3) is 0 Å². The van der Waals surface area contributed by atoms with Crippen molar-refractivity contribution in [3.05, 3.63) is 102 Å². The third-order valence-electron chi connectivity index (χ3n) is 7.25. The van der Waals surface area contributed by atoms with E-state index in [9.17, 15) is 4.39 Å². The Balaban J connectivity index is 1.41. The van der Waals surface area contributed by atoms with Crippen molar-refractivity contribution in [3.8, 4) is 16.8 Å². The van der Waals surface area contributed by atoms with Crippen LogP contribution in [0, 0.1) is 19.7 Å². The zero-order valence-electron chi connectivity index (χ0n) is 20.5. The van der Waals surface area contributed by atoms with Crippen LogP contribution >= 0.6 is 0 Å². The average molecular weight is 478 g/mol. The minimum Gasteiger partial charge on any atom is -0.368 e. The molecule has 0 spiro atoms. The average Bonchev–Trinajstić information content (AvgIpc) is 3.31. The van der Waals surface area contributed by atoms with Crippen LogP contribution in [0.5, 0.6) is 0 Å². The molecule has 0 radical (unpaired) electrons. The van der Waals surface area contributed by atoms with E-state index in [0.717, 1.165) is 59.8 Å². The topological polar surface area (TPSA) is 37.2 Å². The fraction of sp³-hybridized carbons (Fsp3) is 0.200. The second kappa shape index (κ2) is 9.11. The lowest BCUT2D eigenvalue weighted by Gasteiger charge is -2.37. The summed E-state index contributed by atoms with van der Waals surface area (Å²) in [5, 5.41) is 1.02. The third-order valence-corrected chi connectivity index (χ3v) is 7.25. The fourth-order valence-electron chi connectivity index (χ4n) is 5.16. The first-order valence-corrected chi connectivity index (χ1v) is 12.3. The molecule has 3 aromatic carbocycles. The third kappa shape index (κ3) is 3.88. The molecule has 0 saturated carbocycles. The van der Waals surface area contributed by atoms with Gasteiger partial charge >= 0.3 is 0 Å². The molecule has 5 aromatic rings. The Kier molecular flexibility index (Phi) is 5.64. The highest BCUT2D eigenvalue weighted by Crippen LogP contribution is 2.37. The summed E-state index contributed by atoms with van der Waals surface area (Å²) >= 11 is 0. The molecule has 6 heteroatoms. The number of hydrogen-bond acceptors (Lipinski definition) is 4. The van der Waals surface area contributed by atoms with Gasteiger partial charge in [-0.1, -0.05) is 42.5 Å². The molecule has 1 aliphatic rings. The van der Waals surface area contributed by atoms with E-state index in [0.29, 0.717) is 0 Å². The Labute approximate surface area is 210 Å². The number of benzene rings is 3. The predicted octanol–water partition coefficient (Wildman–Crippen LogP) is 6.17. The molecule has 6 rings (SSSR count). The second-order valence-electron chi connectivity index (χ2n) is 9.34. The highest BCUT2D eigenvalue weighted by molar-refractivity contribution is 6.02. The van der Waals surface area contributed by atoms with Crippen molar-refractivity contribution in [1.29, 1.82) is 0 Å². The Morgan fingerprint density at radius 1 is 0.750 bits per heavy atom. The minimum atomic E-state index is -0.254. The molecule has 1 saturated heterocycles. The van der Waals surface area contributed by atoms with Crippen molar-refractivity contribution in [3.63, 3.8) is 0 Å². The molecule has 0 aliphatic carbocycles. The van der Waals surface area contributed by atoms with E-state index in [1.165, 1.54) is 28.9 Å². The molecule has 1 aliphatic heterocycles. The van der Waals surface area contributed by atoms with Crippen molar-refractivity contribution in [1.82, 2.24) is 14.5 Å². The van der Waals surface area contributed by atoms with Crippen molar-refractivity contribution in [2.24, 2.45) is 0 Å². The highest BCUT2D eigenvalue weighted by atomic mass is 19.1. The summed E-state index contributed by atoms with van der Waals surface area (Å²) < 4.78 is 15.7. The maximum Gasteiger partial charge on any atom is 0.150 e. The lowest BCUT2D eigenvalue weighted by Crippen LogP contribution is -2.47. The molecule has 5 nitrogen and oxygen atoms in total. The van der Waals surface area contributed by atoms with E-state index in [-0.39, 0.29) is 5.82 Å². The normalized spacial score (nSPS) is 14.0. The number of rotatable bonds is 4. The van der Waals surface area contributed by atoms with Crippen molar-refractivity contribution in [2.75, 3.05) is 36.0 Å². The first-order chi connectivity index (χ1) is 17.6. The van der Waals surface area contributed by atoms with Gasteiger partial charge in [-0.3, -0.25) is 0 Å². The lowest BCUT2D eigenvalue weighted by molar-refractivity contribution is 0.627. The van der Waals surface area contributed by atoms with Crippen LogP contribution in [-0.2, 0) is 0 Å². The molecule has 0 bridgehead atoms. The summed E-state index contributed by atoms with van der Waals surface area (Å²) in [4.78, 5) is 14.3. The first-order valence-electron chi connectivity index (χ1n) is 12.3. The van der Waals surface area contributed by atoms with E-state index in [1.807, 2.05) is 22.8 Å². The quantitative estimate of drug-likeness (QED) is 0.310. The predicted molar refractivity (Wildman–Crippen MR) is 145 cm³/mol. The van der Waals surface area contributed by atoms with Gasteiger partial charge in [0.1, 0.15) is 18.0 Å². The largest absolute Gasteiger partial charge is 0.368 e. The van der Waals surface area contributed by atoms with Crippen LogP contribution in [0.3, 0.4) is 0 Å². The summed E-state index contributed by atoms with van der Waals surface area (Å²) in [5.41, 5.74) is 7.85. The van der Waals surface area contributed by atoms with Gasteiger partial charge in [0.15, 0.2) is 5.65 Å². The van der Waals surface area contributed by atoms with E-state index in [4.69, 9.17) is 4.98 Å². The monoisotopic (exact) mass is 477 g/mol. The summed E-state index contributed by atoms with van der Waals surface area (Å²) in [6.45, 7) is 7.97. The molecule has 3 heterocycles. The van der Waals surface area contributed by atoms with Crippen LogP contribution in [0.25, 0.3) is 27.8 Å². The lowest BCUT2D eigenvalue weighted by atomic mass is 10.1. The van der Waals surface area contributed by atoms with E-state index < -0.39 is 0 Å². The van der Waals surface area contributed by atoms with Crippen LogP contribution in [0.15, 0.2) is 85.3 Å². The zero-order chi connectivity index (χ0) is 24.6. The summed E-state index contributed by atoms with van der Waals surface area (Å²) in [7, 11) is 0. The molecule has 2 aromatic heterocycles. The van der Waals surface area contributed by atoms with Crippen molar-refractivity contribution < 1.29 is 4.39 Å². The maximum atomic E-state index is 13.6. The van der Waals surface area contributed by atoms with Gasteiger partial charge in [0.2, 0.25) is 0 Å². The second-order valence-corrected chi connectivity index (χ2v) is 9.34. The number of fused-ring (bicyclic) bond motifs is 1. The Hall–Kier alpha value is -4.19. The molecule has 36 heavy (non-hydrogen) atoms. The van der Waals surface area contributed by atoms with Gasteiger partial charge in [-0.25, -0.2) is 14.4 Å². The minimum absolute atomic E-state index is 0.254. The van der Waals surface area contributed by atoms with Gasteiger partial charge in [-0.15, -0.1) is 0 Å². The van der Waals surface area contributed by atoms with Gasteiger partial charge in [0, 0.05) is 49.3 Å². The standard InChI is InChI=1S/C30H28FN5/c1-21-7-6-10-27(22(21)2)34-15-17-35(18-16-34)29-28-26(23-8-4-3-5-9-23)19-36(30(28)33-20-32-29)25-13-11-24(31)12-14-25/h3-14,19-20H,15-18H2,1-2H3. The fourth-order valence-corrected chi connectivity index (χ4v) is 5.16. The molecule has 0 atom stereocenters. The van der Waals surface area contributed by atoms with Crippen LogP contribution < -0.4 is 9.80 Å². The highest BCUT2D eigenvalue weighted by Gasteiger charge is 2.25. The number of aromatic nitrogens is 3. The number of halogens is 1. The van der Waals surface area contributed by atoms with Crippen LogP contribution in [0.1, 0.15) is 11.1 Å². The summed E-state index contributed by atoms with van der Waals surface area (Å²) in [6, 6.07) is 23.4. The Bertz CT molecular complexity index is 1520. The molecule has 0 amide bonds. The molecular weight excluding hydrogens is 449 g/mol. The number of piperazine rings is 1. The Morgan fingerprint density at radius 3 is 2.22 bits per heavy atom. The van der Waals surface area contributed by atoms with Gasteiger partial charge in [-0.2, -0.15) is 0 Å².